The third kappa shape index (κ3) is 4.23. The van der Waals surface area contributed by atoms with Crippen LogP contribution in [0.1, 0.15) is 15.9 Å². The van der Waals surface area contributed by atoms with Gasteiger partial charge < -0.3 is 0 Å². The molecule has 1 atom stereocenters. The Morgan fingerprint density at radius 1 is 0.760 bits per heavy atom. The van der Waals surface area contributed by atoms with E-state index in [1.165, 1.54) is 5.56 Å². The van der Waals surface area contributed by atoms with Gasteiger partial charge in [0.1, 0.15) is 0 Å². The van der Waals surface area contributed by atoms with Crippen molar-refractivity contribution < 1.29 is 4.79 Å². The van der Waals surface area contributed by atoms with E-state index >= 15 is 0 Å². The Bertz CT molecular complexity index is 808. The topological polar surface area (TPSA) is 20.3 Å². The number of hydrogen-bond donors (Lipinski definition) is 0. The van der Waals surface area contributed by atoms with Gasteiger partial charge in [0.05, 0.1) is 6.04 Å². The van der Waals surface area contributed by atoms with E-state index in [0.29, 0.717) is 6.42 Å². The number of carbonyl (C=O) groups is 1. The standard InChI is InChI=1S/C23H23NO/c1-24(2)22(17-18-9-5-3-6-10-18)23(25)21-15-13-20(14-16-21)19-11-7-4-8-12-19/h3-16,22H,17H2,1-2H3/t22-/m0/s1. The molecule has 0 saturated carbocycles. The van der Waals surface area contributed by atoms with Gasteiger partial charge in [-0.3, -0.25) is 9.69 Å². The highest BCUT2D eigenvalue weighted by atomic mass is 16.1. The van der Waals surface area contributed by atoms with E-state index in [4.69, 9.17) is 0 Å². The highest BCUT2D eigenvalue weighted by Gasteiger charge is 2.22. The molecule has 0 aliphatic heterocycles. The summed E-state index contributed by atoms with van der Waals surface area (Å²) in [5, 5.41) is 0. The fourth-order valence-corrected chi connectivity index (χ4v) is 3.00. The number of ketones is 1. The van der Waals surface area contributed by atoms with Gasteiger partial charge in [-0.2, -0.15) is 0 Å². The number of rotatable bonds is 6. The lowest BCUT2D eigenvalue weighted by Gasteiger charge is -2.23. The van der Waals surface area contributed by atoms with E-state index in [9.17, 15) is 4.79 Å². The first-order valence-electron chi connectivity index (χ1n) is 8.55. The van der Waals surface area contributed by atoms with E-state index in [2.05, 4.69) is 24.3 Å². The van der Waals surface area contributed by atoms with Crippen LogP contribution in [0.5, 0.6) is 0 Å². The van der Waals surface area contributed by atoms with Crippen molar-refractivity contribution in [2.45, 2.75) is 12.5 Å². The molecule has 3 rings (SSSR count). The largest absolute Gasteiger partial charge is 0.299 e. The SMILES string of the molecule is CN(C)[C@@H](Cc1ccccc1)C(=O)c1ccc(-c2ccccc2)cc1. The lowest BCUT2D eigenvalue weighted by molar-refractivity contribution is 0.0875. The molecule has 2 nitrogen and oxygen atoms in total. The van der Waals surface area contributed by atoms with Gasteiger partial charge in [0.2, 0.25) is 0 Å². The Morgan fingerprint density at radius 2 is 1.28 bits per heavy atom. The number of Topliss-reactive ketones (excluding diaryl/α,β-unsaturated/α-hetero) is 1. The lowest BCUT2D eigenvalue weighted by atomic mass is 9.95. The maximum atomic E-state index is 13.0. The predicted octanol–water partition coefficient (Wildman–Crippen LogP) is 4.71. The quantitative estimate of drug-likeness (QED) is 0.611. The van der Waals surface area contributed by atoms with Gasteiger partial charge in [-0.05, 0) is 37.2 Å². The average molecular weight is 329 g/mol. The first kappa shape index (κ1) is 17.1. The molecule has 0 saturated heterocycles. The third-order valence-corrected chi connectivity index (χ3v) is 4.47. The first-order valence-corrected chi connectivity index (χ1v) is 8.55. The highest BCUT2D eigenvalue weighted by Crippen LogP contribution is 2.21. The van der Waals surface area contributed by atoms with Crippen molar-refractivity contribution >= 4 is 5.78 Å². The van der Waals surface area contributed by atoms with Crippen molar-refractivity contribution in [2.24, 2.45) is 0 Å². The number of nitrogens with zero attached hydrogens (tertiary/aromatic N) is 1. The molecule has 0 unspecified atom stereocenters. The number of carbonyl (C=O) groups excluding carboxylic acids is 1. The molecule has 0 spiro atoms. The van der Waals surface area contributed by atoms with Crippen LogP contribution in [0.4, 0.5) is 0 Å². The molecule has 0 aliphatic rings. The second kappa shape index (κ2) is 7.91. The molecule has 0 amide bonds. The fraction of sp³-hybridized carbons (Fsp3) is 0.174. The molecule has 25 heavy (non-hydrogen) atoms. The van der Waals surface area contributed by atoms with Gasteiger partial charge in [0, 0.05) is 5.56 Å². The van der Waals surface area contributed by atoms with Crippen LogP contribution in [0.2, 0.25) is 0 Å². The number of hydrogen-bond acceptors (Lipinski definition) is 2. The normalized spacial score (nSPS) is 12.1. The van der Waals surface area contributed by atoms with Crippen molar-refractivity contribution in [3.8, 4) is 11.1 Å². The predicted molar refractivity (Wildman–Crippen MR) is 104 cm³/mol. The maximum Gasteiger partial charge on any atom is 0.180 e. The Hall–Kier alpha value is -2.71. The minimum Gasteiger partial charge on any atom is -0.299 e. The molecular weight excluding hydrogens is 306 g/mol. The van der Waals surface area contributed by atoms with Crippen LogP contribution >= 0.6 is 0 Å². The number of benzene rings is 3. The lowest BCUT2D eigenvalue weighted by Crippen LogP contribution is -2.37. The molecule has 3 aromatic rings. The van der Waals surface area contributed by atoms with Crippen LogP contribution in [-0.2, 0) is 6.42 Å². The molecule has 3 aromatic carbocycles. The average Bonchev–Trinajstić information content (AvgIpc) is 2.67. The summed E-state index contributed by atoms with van der Waals surface area (Å²) < 4.78 is 0. The van der Waals surface area contributed by atoms with E-state index in [0.717, 1.165) is 16.7 Å². The molecule has 0 N–H and O–H groups in total. The van der Waals surface area contributed by atoms with Crippen LogP contribution in [0.25, 0.3) is 11.1 Å². The van der Waals surface area contributed by atoms with Gasteiger partial charge in [-0.15, -0.1) is 0 Å². The summed E-state index contributed by atoms with van der Waals surface area (Å²) in [6.07, 6.45) is 0.715. The minimum absolute atomic E-state index is 0.161. The minimum atomic E-state index is -0.162. The van der Waals surface area contributed by atoms with Crippen LogP contribution in [0, 0.1) is 0 Å². The highest BCUT2D eigenvalue weighted by molar-refractivity contribution is 6.00. The Balaban J connectivity index is 1.80. The Labute approximate surface area is 149 Å². The van der Waals surface area contributed by atoms with E-state index in [1.54, 1.807) is 0 Å². The fourth-order valence-electron chi connectivity index (χ4n) is 3.00. The monoisotopic (exact) mass is 329 g/mol. The number of likely N-dealkylation sites (N-methyl/N-ethyl adjacent to an activating group) is 1. The second-order valence-corrected chi connectivity index (χ2v) is 6.48. The zero-order valence-corrected chi connectivity index (χ0v) is 14.7. The Morgan fingerprint density at radius 3 is 1.84 bits per heavy atom. The summed E-state index contributed by atoms with van der Waals surface area (Å²) in [4.78, 5) is 15.0. The second-order valence-electron chi connectivity index (χ2n) is 6.48. The maximum absolute atomic E-state index is 13.0. The molecule has 0 radical (unpaired) electrons. The summed E-state index contributed by atoms with van der Waals surface area (Å²) >= 11 is 0. The summed E-state index contributed by atoms with van der Waals surface area (Å²) in [6, 6.07) is 28.1. The van der Waals surface area contributed by atoms with Crippen LogP contribution < -0.4 is 0 Å². The first-order chi connectivity index (χ1) is 12.1. The molecule has 0 fully saturated rings. The van der Waals surface area contributed by atoms with Crippen LogP contribution in [0.3, 0.4) is 0 Å². The van der Waals surface area contributed by atoms with E-state index in [-0.39, 0.29) is 11.8 Å². The smallest absolute Gasteiger partial charge is 0.180 e. The van der Waals surface area contributed by atoms with Crippen molar-refractivity contribution in [2.75, 3.05) is 14.1 Å². The molecule has 0 aliphatic carbocycles. The van der Waals surface area contributed by atoms with Gasteiger partial charge in [-0.1, -0.05) is 84.9 Å². The summed E-state index contributed by atoms with van der Waals surface area (Å²) in [5.41, 5.74) is 4.22. The molecule has 0 heterocycles. The molecule has 0 aromatic heterocycles. The van der Waals surface area contributed by atoms with Crippen molar-refractivity contribution in [1.29, 1.82) is 0 Å². The van der Waals surface area contributed by atoms with Crippen molar-refractivity contribution in [3.05, 3.63) is 96.1 Å². The molecule has 0 bridgehead atoms. The molecular formula is C23H23NO. The van der Waals surface area contributed by atoms with Gasteiger partial charge in [0.15, 0.2) is 5.78 Å². The zero-order valence-electron chi connectivity index (χ0n) is 14.7. The summed E-state index contributed by atoms with van der Waals surface area (Å²) in [6.45, 7) is 0. The third-order valence-electron chi connectivity index (χ3n) is 4.47. The zero-order chi connectivity index (χ0) is 17.6. The van der Waals surface area contributed by atoms with Crippen molar-refractivity contribution in [3.63, 3.8) is 0 Å². The van der Waals surface area contributed by atoms with Crippen molar-refractivity contribution in [1.82, 2.24) is 4.90 Å². The van der Waals surface area contributed by atoms with Gasteiger partial charge >= 0.3 is 0 Å². The summed E-state index contributed by atoms with van der Waals surface area (Å²) in [7, 11) is 3.92. The Kier molecular flexibility index (Phi) is 5.42. The van der Waals surface area contributed by atoms with Crippen LogP contribution in [-0.4, -0.2) is 30.8 Å². The molecule has 126 valence electrons. The van der Waals surface area contributed by atoms with E-state index in [1.807, 2.05) is 79.7 Å². The van der Waals surface area contributed by atoms with Gasteiger partial charge in [0.25, 0.3) is 0 Å². The van der Waals surface area contributed by atoms with Gasteiger partial charge in [-0.25, -0.2) is 0 Å². The van der Waals surface area contributed by atoms with E-state index < -0.39 is 0 Å². The molecule has 2 heteroatoms. The van der Waals surface area contributed by atoms with Crippen LogP contribution in [0.15, 0.2) is 84.9 Å². The summed E-state index contributed by atoms with van der Waals surface area (Å²) in [5.74, 6) is 0.161.